The first kappa shape index (κ1) is 54.1. The lowest BCUT2D eigenvalue weighted by Crippen LogP contribution is -2.27. The highest BCUT2D eigenvalue weighted by Gasteiger charge is 2.55. The van der Waals surface area contributed by atoms with E-state index in [-0.39, 0.29) is 10.8 Å². The normalized spacial score (nSPS) is 13.1. The van der Waals surface area contributed by atoms with Gasteiger partial charge < -0.3 is 4.42 Å². The van der Waals surface area contributed by atoms with Crippen LogP contribution in [0.15, 0.2) is 253 Å². The second kappa shape index (κ2) is 20.1. The first-order valence-corrected chi connectivity index (χ1v) is 31.2. The molecule has 0 aliphatic heterocycles. The number of anilines is 6. The Morgan fingerprint density at radius 2 is 0.899 bits per heavy atom. The van der Waals surface area contributed by atoms with Gasteiger partial charge in [-0.1, -0.05) is 211 Å². The van der Waals surface area contributed by atoms with E-state index in [9.17, 15) is 0 Å². The minimum atomic E-state index is -0.826. The van der Waals surface area contributed by atoms with Crippen molar-refractivity contribution < 1.29 is 4.42 Å². The van der Waals surface area contributed by atoms with Crippen molar-refractivity contribution in [2.75, 3.05) is 9.80 Å². The summed E-state index contributed by atoms with van der Waals surface area (Å²) in [5.41, 5.74) is 24.9. The average molecular weight is 1150 g/mol. The van der Waals surface area contributed by atoms with Crippen molar-refractivity contribution in [3.63, 3.8) is 0 Å². The number of aromatic nitrogens is 2. The smallest absolute Gasteiger partial charge is 0.145 e. The highest BCUT2D eigenvalue weighted by Crippen LogP contribution is 2.68. The molecule has 2 aliphatic carbocycles. The molecule has 0 unspecified atom stereocenters. The van der Waals surface area contributed by atoms with Gasteiger partial charge in [0.05, 0.1) is 16.5 Å². The molecule has 89 heavy (non-hydrogen) atoms. The van der Waals surface area contributed by atoms with Crippen LogP contribution in [0.2, 0.25) is 0 Å². The highest BCUT2D eigenvalue weighted by atomic mass is 16.3. The summed E-state index contributed by atoms with van der Waals surface area (Å²) in [6.45, 7) is 20.2. The fraction of sp³-hybridized carbons (Fsp3) is 0.143. The molecule has 5 heteroatoms. The average Bonchev–Trinajstić information content (AvgIpc) is 1.49. The van der Waals surface area contributed by atoms with Crippen LogP contribution in [-0.2, 0) is 16.2 Å². The molecule has 11 aromatic carbocycles. The lowest BCUT2D eigenvalue weighted by Gasteiger charge is -2.34. The molecule has 5 nitrogen and oxygen atoms in total. The van der Waals surface area contributed by atoms with Gasteiger partial charge in [-0.3, -0.25) is 9.80 Å². The molecule has 14 aromatic rings. The van der Waals surface area contributed by atoms with Crippen LogP contribution in [0.5, 0.6) is 0 Å². The van der Waals surface area contributed by atoms with Gasteiger partial charge in [0.1, 0.15) is 22.8 Å². The van der Waals surface area contributed by atoms with Crippen molar-refractivity contribution in [2.45, 2.75) is 78.6 Å². The number of nitrogens with zero attached hydrogens (tertiary/aromatic N) is 4. The summed E-state index contributed by atoms with van der Waals surface area (Å²) >= 11 is 0. The van der Waals surface area contributed by atoms with Gasteiger partial charge in [0.2, 0.25) is 0 Å². The molecule has 3 heterocycles. The zero-order valence-corrected chi connectivity index (χ0v) is 51.9. The highest BCUT2D eigenvalue weighted by molar-refractivity contribution is 6.27. The molecule has 0 saturated heterocycles. The standard InChI is InChI=1S/C84H68N4O/c1-51-47-69(60-26-13-11-24-53(60)3)81(86-50-51)87(56-40-36-54(37-41-56)82(4,5)6)58-44-45-65-68(48-58)61-27-14-15-30-64(61)76-77-72(84(78(65)76)70-33-19-16-28-62(70)63-29-17-20-34-71(63)84)49-73(75-67-31-18-21-35-74(67)89-79(75)77)88(57-42-38-55(39-43-57)83(7,8)9)80-66(32-22-46-85-80)59-25-12-10-23-52(59)2/h10-50H,1-9H3. The first-order chi connectivity index (χ1) is 43.2. The third kappa shape index (κ3) is 8.21. The molecule has 0 N–H and O–H groups in total. The first-order valence-electron chi connectivity index (χ1n) is 31.2. The SMILES string of the molecule is Cc1cnc(N(c2ccc(C(C)(C)C)cc2)c2ccc3c4c(c5ccccc5c3c2)-c2c(cc(N(c3ccc(C(C)(C)C)cc3)c3ncccc3-c3ccccc3C)c3c2oc2ccccc23)C42c3ccccc3-c3ccccc32)c(-c2ccccc2C)c1. The van der Waals surface area contributed by atoms with Crippen LogP contribution in [0.25, 0.3) is 88.0 Å². The van der Waals surface area contributed by atoms with E-state index >= 15 is 0 Å². The maximum Gasteiger partial charge on any atom is 0.145 e. The number of aryl methyl sites for hydroxylation is 3. The van der Waals surface area contributed by atoms with Crippen LogP contribution in [0.1, 0.15) is 91.6 Å². The zero-order valence-electron chi connectivity index (χ0n) is 51.9. The zero-order chi connectivity index (χ0) is 60.7. The van der Waals surface area contributed by atoms with Crippen LogP contribution in [0, 0.1) is 20.8 Å². The number of fused-ring (bicyclic) bond motifs is 19. The molecule has 0 amide bonds. The second-order valence-electron chi connectivity index (χ2n) is 26.6. The summed E-state index contributed by atoms with van der Waals surface area (Å²) in [6, 6.07) is 88.1. The number of furan rings is 1. The number of para-hydroxylation sites is 1. The predicted molar refractivity (Wildman–Crippen MR) is 372 cm³/mol. The third-order valence-electron chi connectivity index (χ3n) is 19.2. The molecule has 3 aromatic heterocycles. The number of pyridine rings is 2. The largest absolute Gasteiger partial charge is 0.455 e. The van der Waals surface area contributed by atoms with Crippen LogP contribution < -0.4 is 9.80 Å². The lowest BCUT2D eigenvalue weighted by molar-refractivity contribution is 0.590. The Bertz CT molecular complexity index is 5160. The summed E-state index contributed by atoms with van der Waals surface area (Å²) in [5, 5.41) is 6.74. The minimum Gasteiger partial charge on any atom is -0.455 e. The Morgan fingerprint density at radius 3 is 1.53 bits per heavy atom. The maximum atomic E-state index is 7.63. The van der Waals surface area contributed by atoms with Gasteiger partial charge in [0, 0.05) is 51.5 Å². The van der Waals surface area contributed by atoms with Crippen molar-refractivity contribution >= 4 is 77.9 Å². The van der Waals surface area contributed by atoms with Crippen LogP contribution in [-0.4, -0.2) is 9.97 Å². The van der Waals surface area contributed by atoms with Crippen molar-refractivity contribution in [2.24, 2.45) is 0 Å². The van der Waals surface area contributed by atoms with Crippen LogP contribution in [0.4, 0.5) is 34.4 Å². The molecule has 0 fully saturated rings. The molecular weight excluding hydrogens is 1080 g/mol. The van der Waals surface area contributed by atoms with Gasteiger partial charge in [-0.05, 0) is 198 Å². The van der Waals surface area contributed by atoms with E-state index in [0.717, 1.165) is 106 Å². The molecular formula is C84H68N4O. The third-order valence-corrected chi connectivity index (χ3v) is 19.2. The van der Waals surface area contributed by atoms with Crippen molar-refractivity contribution in [1.29, 1.82) is 0 Å². The van der Waals surface area contributed by atoms with E-state index in [4.69, 9.17) is 14.4 Å². The topological polar surface area (TPSA) is 45.4 Å². The van der Waals surface area contributed by atoms with Crippen molar-refractivity contribution in [1.82, 2.24) is 9.97 Å². The molecule has 2 aliphatic rings. The monoisotopic (exact) mass is 1150 g/mol. The van der Waals surface area contributed by atoms with Gasteiger partial charge in [-0.2, -0.15) is 0 Å². The fourth-order valence-electron chi connectivity index (χ4n) is 15.0. The number of hydrogen-bond acceptors (Lipinski definition) is 5. The van der Waals surface area contributed by atoms with E-state index in [2.05, 4.69) is 309 Å². The van der Waals surface area contributed by atoms with Gasteiger partial charge in [-0.25, -0.2) is 9.97 Å². The van der Waals surface area contributed by atoms with Crippen molar-refractivity contribution in [3.8, 4) is 44.5 Å². The molecule has 0 bridgehead atoms. The predicted octanol–water partition coefficient (Wildman–Crippen LogP) is 22.8. The van der Waals surface area contributed by atoms with E-state index in [1.54, 1.807) is 0 Å². The Hall–Kier alpha value is -10.4. The number of rotatable bonds is 8. The number of benzene rings is 11. The van der Waals surface area contributed by atoms with E-state index < -0.39 is 5.41 Å². The Labute approximate surface area is 521 Å². The summed E-state index contributed by atoms with van der Waals surface area (Å²) in [6.07, 6.45) is 3.96. The molecule has 430 valence electrons. The maximum absolute atomic E-state index is 7.63. The lowest BCUT2D eigenvalue weighted by atomic mass is 9.69. The summed E-state index contributed by atoms with van der Waals surface area (Å²) in [4.78, 5) is 15.7. The molecule has 1 spiro atoms. The summed E-state index contributed by atoms with van der Waals surface area (Å²) < 4.78 is 7.63. The second-order valence-corrected chi connectivity index (χ2v) is 26.6. The molecule has 16 rings (SSSR count). The Morgan fingerprint density at radius 1 is 0.382 bits per heavy atom. The van der Waals surface area contributed by atoms with E-state index in [1.165, 1.54) is 66.6 Å². The quantitative estimate of drug-likeness (QED) is 0.142. The van der Waals surface area contributed by atoms with E-state index in [1.807, 2.05) is 12.4 Å². The summed E-state index contributed by atoms with van der Waals surface area (Å²) in [7, 11) is 0. The van der Waals surface area contributed by atoms with E-state index in [0.29, 0.717) is 0 Å². The van der Waals surface area contributed by atoms with Crippen LogP contribution >= 0.6 is 0 Å². The molecule has 0 atom stereocenters. The Balaban J connectivity index is 1.05. The number of hydrogen-bond donors (Lipinski definition) is 0. The van der Waals surface area contributed by atoms with Crippen molar-refractivity contribution in [3.05, 3.63) is 299 Å². The Kier molecular flexibility index (Phi) is 12.2. The van der Waals surface area contributed by atoms with Gasteiger partial charge >= 0.3 is 0 Å². The molecule has 0 radical (unpaired) electrons. The summed E-state index contributed by atoms with van der Waals surface area (Å²) in [5.74, 6) is 1.71. The minimum absolute atomic E-state index is 0.0294. The van der Waals surface area contributed by atoms with Gasteiger partial charge in [0.15, 0.2) is 0 Å². The fourth-order valence-corrected chi connectivity index (χ4v) is 15.0. The van der Waals surface area contributed by atoms with Crippen LogP contribution in [0.3, 0.4) is 0 Å². The molecule has 0 saturated carbocycles. The van der Waals surface area contributed by atoms with Gasteiger partial charge in [-0.15, -0.1) is 0 Å². The van der Waals surface area contributed by atoms with Gasteiger partial charge in [0.25, 0.3) is 0 Å².